The lowest BCUT2D eigenvalue weighted by Gasteiger charge is -2.22. The Morgan fingerprint density at radius 3 is 2.72 bits per heavy atom. The molecule has 1 aliphatic rings. The summed E-state index contributed by atoms with van der Waals surface area (Å²) in [4.78, 5) is 22.5. The fourth-order valence-corrected chi connectivity index (χ4v) is 2.43. The normalized spacial score (nSPS) is 26.8. The Kier molecular flexibility index (Phi) is 3.43. The number of rotatable bonds is 2. The van der Waals surface area contributed by atoms with Crippen LogP contribution in [0.4, 0.5) is 4.79 Å². The first-order valence-corrected chi connectivity index (χ1v) is 5.92. The molecule has 0 aliphatic carbocycles. The quantitative estimate of drug-likeness (QED) is 0.765. The van der Waals surface area contributed by atoms with Crippen LogP contribution in [-0.2, 0) is 4.79 Å². The maximum Gasteiger partial charge on any atom is 0.404 e. The van der Waals surface area contributed by atoms with Gasteiger partial charge in [0, 0.05) is 5.02 Å². The molecule has 1 aromatic rings. The van der Waals surface area contributed by atoms with E-state index >= 15 is 0 Å². The summed E-state index contributed by atoms with van der Waals surface area (Å²) in [6, 6.07) is 6.12. The van der Waals surface area contributed by atoms with Crippen molar-refractivity contribution in [3.8, 4) is 0 Å². The molecule has 2 amide bonds. The van der Waals surface area contributed by atoms with Gasteiger partial charge in [0.25, 0.3) is 0 Å². The van der Waals surface area contributed by atoms with Gasteiger partial charge < -0.3 is 15.7 Å². The molecule has 2 rings (SSSR count). The van der Waals surface area contributed by atoms with Crippen LogP contribution in [-0.4, -0.2) is 23.1 Å². The number of halogens is 1. The van der Waals surface area contributed by atoms with Gasteiger partial charge in [0.1, 0.15) is 0 Å². The van der Waals surface area contributed by atoms with E-state index in [-0.39, 0.29) is 5.91 Å². The molecule has 0 radical (unpaired) electrons. The average molecular weight is 269 g/mol. The second kappa shape index (κ2) is 4.86. The Balaban J connectivity index is 2.33. The van der Waals surface area contributed by atoms with Gasteiger partial charge in [-0.2, -0.15) is 0 Å². The van der Waals surface area contributed by atoms with Gasteiger partial charge in [-0.3, -0.25) is 4.79 Å². The number of carbonyl (C=O) groups excluding carboxylic acids is 1. The van der Waals surface area contributed by atoms with Crippen LogP contribution in [0.15, 0.2) is 24.3 Å². The molecule has 96 valence electrons. The lowest BCUT2D eigenvalue weighted by Crippen LogP contribution is -2.40. The number of hydrogen-bond acceptors (Lipinski definition) is 2. The molecule has 1 aliphatic heterocycles. The van der Waals surface area contributed by atoms with Gasteiger partial charge in [0.15, 0.2) is 0 Å². The molecule has 1 aromatic carbocycles. The second-order valence-electron chi connectivity index (χ2n) is 4.27. The van der Waals surface area contributed by atoms with Gasteiger partial charge >= 0.3 is 6.09 Å². The molecule has 0 aromatic heterocycles. The van der Waals surface area contributed by atoms with Crippen LogP contribution in [0.5, 0.6) is 0 Å². The van der Waals surface area contributed by atoms with Crippen molar-refractivity contribution in [2.75, 3.05) is 0 Å². The molecule has 1 heterocycles. The zero-order chi connectivity index (χ0) is 13.3. The van der Waals surface area contributed by atoms with Crippen molar-refractivity contribution in [3.05, 3.63) is 34.9 Å². The van der Waals surface area contributed by atoms with E-state index in [1.165, 1.54) is 0 Å². The minimum Gasteiger partial charge on any atom is -0.465 e. The molecule has 0 spiro atoms. The molecule has 3 N–H and O–H groups in total. The number of nitrogens with one attached hydrogen (secondary N) is 2. The van der Waals surface area contributed by atoms with Gasteiger partial charge in [0.2, 0.25) is 5.91 Å². The minimum absolute atomic E-state index is 0.182. The van der Waals surface area contributed by atoms with Crippen molar-refractivity contribution in [1.29, 1.82) is 0 Å². The maximum absolute atomic E-state index is 11.7. The predicted octanol–water partition coefficient (Wildman–Crippen LogP) is 1.78. The van der Waals surface area contributed by atoms with Crippen LogP contribution in [0, 0.1) is 5.92 Å². The molecule has 6 heteroatoms. The summed E-state index contributed by atoms with van der Waals surface area (Å²) in [6.07, 6.45) is -1.15. The Bertz CT molecular complexity index is 492. The standard InChI is InChI=1S/C12H13ClN2O3/c1-6-9(15-12(17)18)10(14-11(6)16)7-4-2-3-5-8(7)13/h2-6,9-10,15H,1H3,(H,14,16)(H,17,18)/t6-,9-,10+/m0/s1. The fraction of sp³-hybridized carbons (Fsp3) is 0.333. The van der Waals surface area contributed by atoms with Crippen molar-refractivity contribution in [3.63, 3.8) is 0 Å². The molecule has 0 unspecified atom stereocenters. The lowest BCUT2D eigenvalue weighted by atomic mass is 9.95. The van der Waals surface area contributed by atoms with Gasteiger partial charge in [-0.25, -0.2) is 4.79 Å². The van der Waals surface area contributed by atoms with Crippen molar-refractivity contribution >= 4 is 23.6 Å². The highest BCUT2D eigenvalue weighted by Gasteiger charge is 2.41. The van der Waals surface area contributed by atoms with E-state index in [1.54, 1.807) is 31.2 Å². The summed E-state index contributed by atoms with van der Waals surface area (Å²) in [6.45, 7) is 1.69. The molecular formula is C12H13ClN2O3. The molecule has 1 saturated heterocycles. The Morgan fingerprint density at radius 2 is 2.11 bits per heavy atom. The van der Waals surface area contributed by atoms with E-state index in [2.05, 4.69) is 10.6 Å². The molecule has 18 heavy (non-hydrogen) atoms. The second-order valence-corrected chi connectivity index (χ2v) is 4.68. The summed E-state index contributed by atoms with van der Waals surface area (Å²) in [7, 11) is 0. The number of benzene rings is 1. The molecule has 3 atom stereocenters. The Hall–Kier alpha value is -1.75. The van der Waals surface area contributed by atoms with Crippen molar-refractivity contribution in [2.24, 2.45) is 5.92 Å². The summed E-state index contributed by atoms with van der Waals surface area (Å²) in [5.41, 5.74) is 0.718. The number of carboxylic acid groups (broad SMARTS) is 1. The number of carbonyl (C=O) groups is 2. The van der Waals surface area contributed by atoms with E-state index in [0.717, 1.165) is 5.56 Å². The van der Waals surface area contributed by atoms with E-state index in [9.17, 15) is 9.59 Å². The van der Waals surface area contributed by atoms with Crippen molar-refractivity contribution in [1.82, 2.24) is 10.6 Å². The van der Waals surface area contributed by atoms with Gasteiger partial charge in [-0.05, 0) is 11.6 Å². The van der Waals surface area contributed by atoms with E-state index < -0.39 is 24.1 Å². The van der Waals surface area contributed by atoms with E-state index in [1.807, 2.05) is 0 Å². The Labute approximate surface area is 109 Å². The van der Waals surface area contributed by atoms with Crippen LogP contribution in [0.1, 0.15) is 18.5 Å². The maximum atomic E-state index is 11.7. The third-order valence-electron chi connectivity index (χ3n) is 3.14. The van der Waals surface area contributed by atoms with E-state index in [0.29, 0.717) is 5.02 Å². The average Bonchev–Trinajstić information content (AvgIpc) is 2.57. The zero-order valence-corrected chi connectivity index (χ0v) is 10.4. The van der Waals surface area contributed by atoms with Gasteiger partial charge in [-0.1, -0.05) is 36.7 Å². The summed E-state index contributed by atoms with van der Waals surface area (Å²) >= 11 is 6.08. The van der Waals surface area contributed by atoms with Gasteiger partial charge in [0.05, 0.1) is 18.0 Å². The van der Waals surface area contributed by atoms with Crippen molar-refractivity contribution in [2.45, 2.75) is 19.0 Å². The summed E-state index contributed by atoms with van der Waals surface area (Å²) in [5.74, 6) is -0.610. The first-order valence-electron chi connectivity index (χ1n) is 5.55. The highest BCUT2D eigenvalue weighted by atomic mass is 35.5. The smallest absolute Gasteiger partial charge is 0.404 e. The van der Waals surface area contributed by atoms with Crippen LogP contribution in [0.2, 0.25) is 5.02 Å². The monoisotopic (exact) mass is 268 g/mol. The SMILES string of the molecule is C[C@@H]1C(=O)N[C@H](c2ccccc2Cl)[C@H]1NC(=O)O. The van der Waals surface area contributed by atoms with Crippen LogP contribution < -0.4 is 10.6 Å². The van der Waals surface area contributed by atoms with Crippen LogP contribution in [0.25, 0.3) is 0 Å². The molecular weight excluding hydrogens is 256 g/mol. The van der Waals surface area contributed by atoms with Gasteiger partial charge in [-0.15, -0.1) is 0 Å². The highest BCUT2D eigenvalue weighted by Crippen LogP contribution is 2.32. The summed E-state index contributed by atoms with van der Waals surface area (Å²) < 4.78 is 0. The molecule has 1 fully saturated rings. The molecule has 0 bridgehead atoms. The van der Waals surface area contributed by atoms with Crippen LogP contribution in [0.3, 0.4) is 0 Å². The largest absolute Gasteiger partial charge is 0.465 e. The first kappa shape index (κ1) is 12.7. The highest BCUT2D eigenvalue weighted by molar-refractivity contribution is 6.31. The first-order chi connectivity index (χ1) is 8.50. The minimum atomic E-state index is -1.15. The molecule has 5 nitrogen and oxygen atoms in total. The predicted molar refractivity (Wildman–Crippen MR) is 66.4 cm³/mol. The lowest BCUT2D eigenvalue weighted by molar-refractivity contribution is -0.122. The molecule has 0 saturated carbocycles. The summed E-state index contributed by atoms with van der Waals surface area (Å²) in [5, 5.41) is 14.5. The third kappa shape index (κ3) is 2.26. The number of amides is 2. The fourth-order valence-electron chi connectivity index (χ4n) is 2.18. The van der Waals surface area contributed by atoms with E-state index in [4.69, 9.17) is 16.7 Å². The number of hydrogen-bond donors (Lipinski definition) is 3. The third-order valence-corrected chi connectivity index (χ3v) is 3.48. The Morgan fingerprint density at radius 1 is 1.44 bits per heavy atom. The van der Waals surface area contributed by atoms with Crippen LogP contribution >= 0.6 is 11.6 Å². The topological polar surface area (TPSA) is 78.4 Å². The van der Waals surface area contributed by atoms with Crippen molar-refractivity contribution < 1.29 is 14.7 Å². The zero-order valence-electron chi connectivity index (χ0n) is 9.68.